The molecule has 2 unspecified atom stereocenters. The highest BCUT2D eigenvalue weighted by molar-refractivity contribution is 7.13. The highest BCUT2D eigenvalue weighted by Gasteiger charge is 2.44. The number of thiazole rings is 1. The third-order valence-corrected chi connectivity index (χ3v) is 11.0. The van der Waals surface area contributed by atoms with E-state index in [1.165, 1.54) is 11.0 Å². The van der Waals surface area contributed by atoms with Crippen molar-refractivity contribution in [1.82, 2.24) is 35.6 Å². The van der Waals surface area contributed by atoms with Gasteiger partial charge in [0.05, 0.1) is 41.0 Å². The van der Waals surface area contributed by atoms with Crippen molar-refractivity contribution in [1.29, 1.82) is 0 Å². The van der Waals surface area contributed by atoms with Gasteiger partial charge in [-0.2, -0.15) is 5.10 Å². The monoisotopic (exact) mass is 740 g/mol. The van der Waals surface area contributed by atoms with Gasteiger partial charge in [0, 0.05) is 56.5 Å². The molecule has 0 radical (unpaired) electrons. The van der Waals surface area contributed by atoms with Crippen molar-refractivity contribution in [3.8, 4) is 21.6 Å². The molecular formula is C39H48N8O5S. The fraction of sp³-hybridized carbons (Fsp3) is 0.436. The molecule has 0 spiro atoms. The van der Waals surface area contributed by atoms with E-state index in [4.69, 9.17) is 0 Å². The Bertz CT molecular complexity index is 1960. The number of aliphatic hydroxyl groups excluding tert-OH is 1. The van der Waals surface area contributed by atoms with Crippen LogP contribution in [-0.2, 0) is 14.4 Å². The lowest BCUT2D eigenvalue weighted by molar-refractivity contribution is -0.144. The largest absolute Gasteiger partial charge is 0.391 e. The van der Waals surface area contributed by atoms with Gasteiger partial charge in [-0.1, -0.05) is 57.2 Å². The van der Waals surface area contributed by atoms with Crippen LogP contribution in [-0.4, -0.2) is 105 Å². The number of benzene rings is 2. The fourth-order valence-corrected chi connectivity index (χ4v) is 7.80. The molecule has 4 aromatic rings. The molecule has 13 nitrogen and oxygen atoms in total. The smallest absolute Gasteiger partial charge is 0.264 e. The van der Waals surface area contributed by atoms with Gasteiger partial charge in [0.15, 0.2) is 0 Å². The number of H-pyrrole nitrogens is 1. The number of piperazine rings is 1. The molecule has 0 aliphatic carbocycles. The van der Waals surface area contributed by atoms with E-state index in [9.17, 15) is 24.3 Å². The van der Waals surface area contributed by atoms with Crippen molar-refractivity contribution in [3.63, 3.8) is 0 Å². The van der Waals surface area contributed by atoms with Gasteiger partial charge >= 0.3 is 0 Å². The third-order valence-electron chi connectivity index (χ3n) is 10.0. The topological polar surface area (TPSA) is 164 Å². The number of rotatable bonds is 10. The SMILES string of the molecule is Cc1ncsc1-c1ccc(C(C)NC(=O)[C@@H]2C[C@@H](O)CN2C(=O)C(NC(=O)CN2CCN(c3ccc(-c4cn[nH]c(=O)c4)cc3)CC2)C(C)(C)C)cc1. The van der Waals surface area contributed by atoms with Crippen LogP contribution in [0.15, 0.2) is 71.1 Å². The van der Waals surface area contributed by atoms with Crippen molar-refractivity contribution in [2.75, 3.05) is 44.2 Å². The highest BCUT2D eigenvalue weighted by Crippen LogP contribution is 2.30. The number of aliphatic hydroxyl groups is 1. The predicted octanol–water partition coefficient (Wildman–Crippen LogP) is 3.36. The van der Waals surface area contributed by atoms with Crippen LogP contribution in [0.2, 0.25) is 0 Å². The van der Waals surface area contributed by atoms with E-state index in [-0.39, 0.29) is 48.8 Å². The first-order valence-electron chi connectivity index (χ1n) is 18.0. The first kappa shape index (κ1) is 37.8. The summed E-state index contributed by atoms with van der Waals surface area (Å²) in [7, 11) is 0. The molecule has 2 aliphatic rings. The molecule has 280 valence electrons. The normalized spacial score (nSPS) is 19.1. The van der Waals surface area contributed by atoms with Crippen LogP contribution in [0.3, 0.4) is 0 Å². The molecule has 53 heavy (non-hydrogen) atoms. The Morgan fingerprint density at radius 3 is 2.28 bits per heavy atom. The maximum Gasteiger partial charge on any atom is 0.264 e. The number of hydrogen-bond donors (Lipinski definition) is 4. The number of nitrogens with one attached hydrogen (secondary N) is 3. The lowest BCUT2D eigenvalue weighted by Gasteiger charge is -2.37. The second-order valence-corrected chi connectivity index (χ2v) is 15.9. The molecule has 14 heteroatoms. The number of carbonyl (C=O) groups excluding carboxylic acids is 3. The van der Waals surface area contributed by atoms with Gasteiger partial charge in [-0.25, -0.2) is 10.1 Å². The van der Waals surface area contributed by atoms with Crippen molar-refractivity contribution >= 4 is 34.7 Å². The summed E-state index contributed by atoms with van der Waals surface area (Å²) in [4.78, 5) is 64.0. The van der Waals surface area contributed by atoms with E-state index in [0.29, 0.717) is 13.1 Å². The van der Waals surface area contributed by atoms with Crippen molar-refractivity contribution in [2.45, 2.75) is 65.3 Å². The number of carbonyl (C=O) groups is 3. The number of nitrogens with zero attached hydrogens (tertiary/aromatic N) is 5. The van der Waals surface area contributed by atoms with Crippen LogP contribution in [0.25, 0.3) is 21.6 Å². The standard InChI is InChI=1S/C39H48N8O5S/c1-24(26-6-8-28(9-7-26)35-25(2)40-23-53-35)42-37(51)32-19-31(48)21-47(32)38(52)36(39(3,4)5)43-34(50)22-45-14-16-46(17-15-45)30-12-10-27(11-13-30)29-18-33(49)44-41-20-29/h6-13,18,20,23-24,31-32,36,48H,14-17,19,21-22H2,1-5H3,(H,42,51)(H,43,50)(H,44,49)/t24?,31-,32+,36?/m1/s1. The molecular weight excluding hydrogens is 693 g/mol. The first-order valence-corrected chi connectivity index (χ1v) is 18.9. The van der Waals surface area contributed by atoms with Gasteiger partial charge < -0.3 is 25.5 Å². The number of anilines is 1. The summed E-state index contributed by atoms with van der Waals surface area (Å²) in [6.45, 7) is 12.4. The second kappa shape index (κ2) is 16.0. The zero-order chi connectivity index (χ0) is 37.9. The molecule has 4 heterocycles. The molecule has 2 fully saturated rings. The van der Waals surface area contributed by atoms with E-state index >= 15 is 0 Å². The summed E-state index contributed by atoms with van der Waals surface area (Å²) >= 11 is 1.58. The van der Waals surface area contributed by atoms with Gasteiger partial charge in [-0.05, 0) is 48.1 Å². The molecule has 0 saturated carbocycles. The molecule has 3 amide bonds. The number of aromatic nitrogens is 3. The number of amides is 3. The number of aryl methyl sites for hydroxylation is 1. The van der Waals surface area contributed by atoms with Crippen LogP contribution in [0.1, 0.15) is 51.4 Å². The number of hydrogen-bond acceptors (Lipinski definition) is 10. The summed E-state index contributed by atoms with van der Waals surface area (Å²) in [5.74, 6) is -0.999. The average Bonchev–Trinajstić information content (AvgIpc) is 3.75. The minimum atomic E-state index is -0.897. The number of aromatic amines is 1. The van der Waals surface area contributed by atoms with Crippen LogP contribution in [0.4, 0.5) is 5.69 Å². The Labute approximate surface area is 313 Å². The second-order valence-electron chi connectivity index (χ2n) is 15.0. The maximum absolute atomic E-state index is 14.1. The molecule has 2 aromatic heterocycles. The number of β-amino-alcohol motifs (C(OH)–C–C–N with tert-alkyl or cyclic N) is 1. The minimum absolute atomic E-state index is 0.0140. The Balaban J connectivity index is 1.03. The first-order chi connectivity index (χ1) is 25.3. The fourth-order valence-electron chi connectivity index (χ4n) is 6.99. The Morgan fingerprint density at radius 2 is 1.66 bits per heavy atom. The van der Waals surface area contributed by atoms with E-state index < -0.39 is 23.6 Å². The Kier molecular flexibility index (Phi) is 11.4. The van der Waals surface area contributed by atoms with E-state index in [1.54, 1.807) is 17.5 Å². The van der Waals surface area contributed by atoms with Crippen LogP contribution in [0.5, 0.6) is 0 Å². The summed E-state index contributed by atoms with van der Waals surface area (Å²) in [6, 6.07) is 15.4. The summed E-state index contributed by atoms with van der Waals surface area (Å²) in [5, 5.41) is 22.9. The summed E-state index contributed by atoms with van der Waals surface area (Å²) in [5.41, 5.74) is 6.57. The van der Waals surface area contributed by atoms with Crippen LogP contribution in [0, 0.1) is 12.3 Å². The van der Waals surface area contributed by atoms with Gasteiger partial charge in [-0.15, -0.1) is 11.3 Å². The van der Waals surface area contributed by atoms with E-state index in [0.717, 1.165) is 51.6 Å². The van der Waals surface area contributed by atoms with Gasteiger partial charge in [0.25, 0.3) is 5.56 Å². The van der Waals surface area contributed by atoms with Crippen LogP contribution >= 0.6 is 11.3 Å². The molecule has 6 rings (SSSR count). The predicted molar refractivity (Wildman–Crippen MR) is 205 cm³/mol. The van der Waals surface area contributed by atoms with Crippen LogP contribution < -0.4 is 21.1 Å². The Morgan fingerprint density at radius 1 is 0.981 bits per heavy atom. The third kappa shape index (κ3) is 9.00. The zero-order valence-electron chi connectivity index (χ0n) is 30.8. The lowest BCUT2D eigenvalue weighted by atomic mass is 9.85. The highest BCUT2D eigenvalue weighted by atomic mass is 32.1. The van der Waals surface area contributed by atoms with E-state index in [1.807, 2.05) is 88.7 Å². The van der Waals surface area contributed by atoms with Gasteiger partial charge in [-0.3, -0.25) is 24.1 Å². The zero-order valence-corrected chi connectivity index (χ0v) is 31.7. The molecule has 4 atom stereocenters. The molecule has 4 N–H and O–H groups in total. The minimum Gasteiger partial charge on any atom is -0.391 e. The summed E-state index contributed by atoms with van der Waals surface area (Å²) < 4.78 is 0. The van der Waals surface area contributed by atoms with E-state index in [2.05, 4.69) is 35.6 Å². The molecule has 2 saturated heterocycles. The van der Waals surface area contributed by atoms with Gasteiger partial charge in [0.1, 0.15) is 12.1 Å². The average molecular weight is 741 g/mol. The molecule has 0 bridgehead atoms. The Hall–Kier alpha value is -4.92. The summed E-state index contributed by atoms with van der Waals surface area (Å²) in [6.07, 6.45) is 0.889. The quantitative estimate of drug-likeness (QED) is 0.191. The van der Waals surface area contributed by atoms with Crippen molar-refractivity contribution < 1.29 is 19.5 Å². The lowest BCUT2D eigenvalue weighted by Crippen LogP contribution is -2.59. The molecule has 2 aliphatic heterocycles. The van der Waals surface area contributed by atoms with Crippen molar-refractivity contribution in [3.05, 3.63) is 87.9 Å². The number of likely N-dealkylation sites (tertiary alicyclic amines) is 1. The van der Waals surface area contributed by atoms with Gasteiger partial charge in [0.2, 0.25) is 17.7 Å². The van der Waals surface area contributed by atoms with Crippen molar-refractivity contribution in [2.24, 2.45) is 5.41 Å². The maximum atomic E-state index is 14.1. The molecule has 2 aromatic carbocycles.